The maximum atomic E-state index is 13.5. The molecule has 14 heteroatoms. The van der Waals surface area contributed by atoms with Crippen LogP contribution >= 0.6 is 0 Å². The van der Waals surface area contributed by atoms with Crippen molar-refractivity contribution in [2.45, 2.75) is 50.6 Å². The van der Waals surface area contributed by atoms with Crippen LogP contribution in [0.4, 0.5) is 13.2 Å². The van der Waals surface area contributed by atoms with Crippen LogP contribution in [0.2, 0.25) is 0 Å². The molecule has 2 aliphatic rings. The van der Waals surface area contributed by atoms with Crippen LogP contribution in [0.25, 0.3) is 0 Å². The molecule has 0 radical (unpaired) electrons. The second kappa shape index (κ2) is 13.9. The summed E-state index contributed by atoms with van der Waals surface area (Å²) in [6.07, 6.45) is -2.93. The summed E-state index contributed by atoms with van der Waals surface area (Å²) in [5.41, 5.74) is 1.57. The first-order valence-corrected chi connectivity index (χ1v) is 13.8. The van der Waals surface area contributed by atoms with Crippen molar-refractivity contribution >= 4 is 27.8 Å². The molecular formula is C24H35F3N4O6S. The van der Waals surface area contributed by atoms with Crippen molar-refractivity contribution in [2.75, 3.05) is 52.4 Å². The van der Waals surface area contributed by atoms with E-state index in [-0.39, 0.29) is 31.3 Å². The van der Waals surface area contributed by atoms with Crippen LogP contribution in [-0.4, -0.2) is 104 Å². The minimum Gasteiger partial charge on any atom is -0.475 e. The SMILES string of the molecule is Cc1ccc(C)c(S(=O)(=O)N(CCCN2CCCC2=O)CCC(=O)N2CCNCC2)c1.O=C(O)C(F)(F)F. The maximum Gasteiger partial charge on any atom is 0.490 e. The number of carboxylic acids is 1. The molecule has 0 bridgehead atoms. The summed E-state index contributed by atoms with van der Waals surface area (Å²) >= 11 is 0. The minimum atomic E-state index is -5.08. The summed E-state index contributed by atoms with van der Waals surface area (Å²) in [6.45, 7) is 8.21. The number of piperazine rings is 1. The Hall–Kier alpha value is -2.71. The second-order valence-corrected chi connectivity index (χ2v) is 11.1. The predicted molar refractivity (Wildman–Crippen MR) is 133 cm³/mol. The number of halogens is 3. The van der Waals surface area contributed by atoms with Crippen LogP contribution in [0, 0.1) is 13.8 Å². The number of nitrogens with zero attached hydrogens (tertiary/aromatic N) is 3. The van der Waals surface area contributed by atoms with Gasteiger partial charge in [-0.05, 0) is 43.9 Å². The number of hydrogen-bond donors (Lipinski definition) is 2. The van der Waals surface area contributed by atoms with E-state index in [9.17, 15) is 31.2 Å². The molecule has 2 saturated heterocycles. The Morgan fingerprint density at radius 2 is 1.74 bits per heavy atom. The van der Waals surface area contributed by atoms with Gasteiger partial charge in [0.1, 0.15) is 0 Å². The topological polar surface area (TPSA) is 127 Å². The molecule has 1 aromatic carbocycles. The highest BCUT2D eigenvalue weighted by molar-refractivity contribution is 7.89. The molecule has 0 spiro atoms. The normalized spacial score (nSPS) is 16.4. The number of aryl methyl sites for hydroxylation is 2. The lowest BCUT2D eigenvalue weighted by Crippen LogP contribution is -2.47. The van der Waals surface area contributed by atoms with Crippen LogP contribution in [0.15, 0.2) is 23.1 Å². The van der Waals surface area contributed by atoms with Crippen molar-refractivity contribution < 1.29 is 41.1 Å². The lowest BCUT2D eigenvalue weighted by molar-refractivity contribution is -0.192. The van der Waals surface area contributed by atoms with Crippen molar-refractivity contribution in [2.24, 2.45) is 0 Å². The number of rotatable bonds is 9. The molecule has 2 amide bonds. The zero-order valence-electron chi connectivity index (χ0n) is 21.6. The standard InChI is InChI=1S/C22H34N4O4S.C2HF3O2/c1-18-6-7-19(2)20(17-18)31(29,30)26(13-4-12-24-11-3-5-21(24)27)14-8-22(28)25-15-9-23-10-16-25;3-2(4,5)1(6)7/h6-7,17,23H,3-5,8-16H2,1-2H3;(H,6,7). The monoisotopic (exact) mass is 564 g/mol. The summed E-state index contributed by atoms with van der Waals surface area (Å²) in [5.74, 6) is -2.64. The van der Waals surface area contributed by atoms with Gasteiger partial charge in [0.15, 0.2) is 0 Å². The van der Waals surface area contributed by atoms with E-state index in [4.69, 9.17) is 9.90 Å². The number of benzene rings is 1. The summed E-state index contributed by atoms with van der Waals surface area (Å²) in [6, 6.07) is 5.40. The van der Waals surface area contributed by atoms with Crippen LogP contribution in [-0.2, 0) is 24.4 Å². The number of carbonyl (C=O) groups is 3. The fourth-order valence-corrected chi connectivity index (χ4v) is 5.94. The quantitative estimate of drug-likeness (QED) is 0.468. The van der Waals surface area contributed by atoms with Gasteiger partial charge in [-0.25, -0.2) is 13.2 Å². The molecule has 214 valence electrons. The number of carbonyl (C=O) groups excluding carboxylic acids is 2. The van der Waals surface area contributed by atoms with Crippen LogP contribution in [0.5, 0.6) is 0 Å². The summed E-state index contributed by atoms with van der Waals surface area (Å²) in [4.78, 5) is 37.3. The van der Waals surface area contributed by atoms with Crippen molar-refractivity contribution in [3.63, 3.8) is 0 Å². The average Bonchev–Trinajstić information content (AvgIpc) is 3.27. The molecule has 2 heterocycles. The molecule has 0 aromatic heterocycles. The van der Waals surface area contributed by atoms with Gasteiger partial charge >= 0.3 is 12.1 Å². The highest BCUT2D eigenvalue weighted by Gasteiger charge is 2.38. The Morgan fingerprint density at radius 1 is 1.11 bits per heavy atom. The minimum absolute atomic E-state index is 0.0163. The third-order valence-electron chi connectivity index (χ3n) is 6.26. The Balaban J connectivity index is 0.000000638. The molecule has 0 aliphatic carbocycles. The first-order chi connectivity index (χ1) is 17.7. The smallest absolute Gasteiger partial charge is 0.475 e. The zero-order chi connectivity index (χ0) is 28.5. The molecule has 2 N–H and O–H groups in total. The van der Waals surface area contributed by atoms with E-state index in [0.717, 1.165) is 31.6 Å². The van der Waals surface area contributed by atoms with Crippen molar-refractivity contribution in [1.82, 2.24) is 19.4 Å². The number of sulfonamides is 1. The van der Waals surface area contributed by atoms with Crippen molar-refractivity contribution in [3.8, 4) is 0 Å². The fraction of sp³-hybridized carbons (Fsp3) is 0.625. The largest absolute Gasteiger partial charge is 0.490 e. The first kappa shape index (κ1) is 31.5. The van der Waals surface area contributed by atoms with Gasteiger partial charge < -0.3 is 20.2 Å². The van der Waals surface area contributed by atoms with Gasteiger partial charge in [-0.2, -0.15) is 17.5 Å². The lowest BCUT2D eigenvalue weighted by Gasteiger charge is -2.29. The number of aliphatic carboxylic acids is 1. The maximum absolute atomic E-state index is 13.5. The van der Waals surface area contributed by atoms with E-state index in [1.54, 1.807) is 22.8 Å². The predicted octanol–water partition coefficient (Wildman–Crippen LogP) is 1.76. The summed E-state index contributed by atoms with van der Waals surface area (Å²) in [7, 11) is -3.74. The van der Waals surface area contributed by atoms with Gasteiger partial charge in [-0.1, -0.05) is 12.1 Å². The van der Waals surface area contributed by atoms with Gasteiger partial charge in [0.2, 0.25) is 21.8 Å². The van der Waals surface area contributed by atoms with Gasteiger partial charge in [0.05, 0.1) is 4.90 Å². The van der Waals surface area contributed by atoms with Gasteiger partial charge in [0.25, 0.3) is 0 Å². The van der Waals surface area contributed by atoms with Crippen LogP contribution in [0.3, 0.4) is 0 Å². The summed E-state index contributed by atoms with van der Waals surface area (Å²) < 4.78 is 60.2. The molecule has 38 heavy (non-hydrogen) atoms. The number of amides is 2. The molecule has 3 rings (SSSR count). The third kappa shape index (κ3) is 9.24. The highest BCUT2D eigenvalue weighted by Crippen LogP contribution is 2.22. The Kier molecular flexibility index (Phi) is 11.5. The molecule has 0 atom stereocenters. The molecule has 2 aliphatic heterocycles. The highest BCUT2D eigenvalue weighted by atomic mass is 32.2. The van der Waals surface area contributed by atoms with E-state index < -0.39 is 22.2 Å². The van der Waals surface area contributed by atoms with Crippen LogP contribution < -0.4 is 5.32 Å². The van der Waals surface area contributed by atoms with E-state index in [1.807, 2.05) is 19.1 Å². The van der Waals surface area contributed by atoms with Crippen LogP contribution in [0.1, 0.15) is 36.8 Å². The molecule has 2 fully saturated rings. The van der Waals surface area contributed by atoms with Crippen molar-refractivity contribution in [3.05, 3.63) is 29.3 Å². The number of likely N-dealkylation sites (tertiary alicyclic amines) is 1. The molecule has 0 unspecified atom stereocenters. The van der Waals surface area contributed by atoms with E-state index in [1.165, 1.54) is 4.31 Å². The number of carboxylic acid groups (broad SMARTS) is 1. The first-order valence-electron chi connectivity index (χ1n) is 12.4. The number of nitrogens with one attached hydrogen (secondary N) is 1. The van der Waals surface area contributed by atoms with E-state index in [2.05, 4.69) is 5.32 Å². The Morgan fingerprint density at radius 3 is 2.29 bits per heavy atom. The Bertz CT molecular complexity index is 1090. The second-order valence-electron chi connectivity index (χ2n) is 9.19. The number of alkyl halides is 3. The number of hydrogen-bond acceptors (Lipinski definition) is 6. The molecule has 1 aromatic rings. The molecular weight excluding hydrogens is 529 g/mol. The van der Waals surface area contributed by atoms with Crippen molar-refractivity contribution in [1.29, 1.82) is 0 Å². The third-order valence-corrected chi connectivity index (χ3v) is 8.30. The van der Waals surface area contributed by atoms with Gasteiger partial charge in [-0.3, -0.25) is 9.59 Å². The Labute approximate surface area is 220 Å². The van der Waals surface area contributed by atoms with Gasteiger partial charge in [-0.15, -0.1) is 0 Å². The van der Waals surface area contributed by atoms with Gasteiger partial charge in [0, 0.05) is 65.2 Å². The summed E-state index contributed by atoms with van der Waals surface area (Å²) in [5, 5.41) is 10.3. The molecule has 0 saturated carbocycles. The molecule has 10 nitrogen and oxygen atoms in total. The fourth-order valence-electron chi connectivity index (χ4n) is 4.15. The average molecular weight is 565 g/mol. The van der Waals surface area contributed by atoms with E-state index in [0.29, 0.717) is 42.9 Å². The lowest BCUT2D eigenvalue weighted by atomic mass is 10.2. The zero-order valence-corrected chi connectivity index (χ0v) is 22.4. The van der Waals surface area contributed by atoms with E-state index >= 15 is 0 Å².